The van der Waals surface area contributed by atoms with Gasteiger partial charge in [-0.3, -0.25) is 0 Å². The summed E-state index contributed by atoms with van der Waals surface area (Å²) in [6, 6.07) is 13.2. The van der Waals surface area contributed by atoms with Crippen molar-refractivity contribution >= 4 is 17.6 Å². The number of aliphatic carboxylic acids is 1. The molecule has 0 aromatic heterocycles. The van der Waals surface area contributed by atoms with Crippen molar-refractivity contribution in [2.24, 2.45) is 0 Å². The topological polar surface area (TPSA) is 46.5 Å². The molecule has 0 unspecified atom stereocenters. The second-order valence-electron chi connectivity index (χ2n) is 5.86. The number of halogens is 1. The Morgan fingerprint density at radius 1 is 1.18 bits per heavy atom. The summed E-state index contributed by atoms with van der Waals surface area (Å²) in [7, 11) is 0. The molecule has 0 aliphatic carbocycles. The first kappa shape index (κ1) is 14.9. The number of fused-ring (bicyclic) bond motifs is 1. The lowest BCUT2D eigenvalue weighted by atomic mass is 9.86. The van der Waals surface area contributed by atoms with Gasteiger partial charge in [0.15, 0.2) is 0 Å². The highest BCUT2D eigenvalue weighted by atomic mass is 35.5. The molecule has 0 fully saturated rings. The SMILES string of the molecule is CC(C)c1ccc2c(c1)[C@H](c1ccc(Cl)cc1)[C@H](C(=O)O)O2. The Hall–Kier alpha value is -2.00. The van der Waals surface area contributed by atoms with E-state index in [0.717, 1.165) is 11.1 Å². The quantitative estimate of drug-likeness (QED) is 0.910. The van der Waals surface area contributed by atoms with E-state index in [1.807, 2.05) is 24.3 Å². The first-order valence-corrected chi connectivity index (χ1v) is 7.64. The standard InChI is InChI=1S/C18H17ClO3/c1-10(2)12-5-8-15-14(9-12)16(17(22-15)18(20)21)11-3-6-13(19)7-4-11/h3-10,16-17H,1-2H3,(H,20,21)/t16-,17+/m0/s1. The number of carboxylic acid groups (broad SMARTS) is 1. The van der Waals surface area contributed by atoms with Crippen molar-refractivity contribution in [1.29, 1.82) is 0 Å². The average molecular weight is 317 g/mol. The van der Waals surface area contributed by atoms with Crippen LogP contribution in [0.25, 0.3) is 0 Å². The molecule has 3 nitrogen and oxygen atoms in total. The van der Waals surface area contributed by atoms with E-state index in [2.05, 4.69) is 19.9 Å². The Bertz CT molecular complexity index is 707. The third kappa shape index (κ3) is 2.57. The largest absolute Gasteiger partial charge is 0.478 e. The van der Waals surface area contributed by atoms with Gasteiger partial charge in [0.25, 0.3) is 0 Å². The highest BCUT2D eigenvalue weighted by Crippen LogP contribution is 2.43. The molecule has 3 rings (SSSR count). The lowest BCUT2D eigenvalue weighted by Gasteiger charge is -2.16. The molecule has 2 atom stereocenters. The number of hydrogen-bond acceptors (Lipinski definition) is 2. The molecule has 1 heterocycles. The van der Waals surface area contributed by atoms with Crippen LogP contribution in [0.2, 0.25) is 5.02 Å². The number of rotatable bonds is 3. The van der Waals surface area contributed by atoms with E-state index in [4.69, 9.17) is 16.3 Å². The predicted molar refractivity (Wildman–Crippen MR) is 85.9 cm³/mol. The van der Waals surface area contributed by atoms with Gasteiger partial charge in [-0.1, -0.05) is 49.7 Å². The van der Waals surface area contributed by atoms with E-state index >= 15 is 0 Å². The molecule has 1 aliphatic rings. The first-order chi connectivity index (χ1) is 10.5. The predicted octanol–water partition coefficient (Wildman–Crippen LogP) is 4.44. The summed E-state index contributed by atoms with van der Waals surface area (Å²) >= 11 is 5.94. The van der Waals surface area contributed by atoms with Gasteiger partial charge in [0, 0.05) is 10.6 Å². The number of ether oxygens (including phenoxy) is 1. The van der Waals surface area contributed by atoms with Crippen LogP contribution in [0.1, 0.15) is 42.4 Å². The molecule has 114 valence electrons. The molecule has 1 aliphatic heterocycles. The van der Waals surface area contributed by atoms with Crippen molar-refractivity contribution in [1.82, 2.24) is 0 Å². The van der Waals surface area contributed by atoms with Gasteiger partial charge in [-0.2, -0.15) is 0 Å². The molecule has 2 aromatic rings. The fraction of sp³-hybridized carbons (Fsp3) is 0.278. The van der Waals surface area contributed by atoms with Crippen LogP contribution >= 0.6 is 11.6 Å². The Morgan fingerprint density at radius 2 is 1.86 bits per heavy atom. The minimum Gasteiger partial charge on any atom is -0.478 e. The molecule has 0 saturated heterocycles. The van der Waals surface area contributed by atoms with Crippen LogP contribution in [0.4, 0.5) is 0 Å². The number of carbonyl (C=O) groups is 1. The van der Waals surface area contributed by atoms with E-state index in [9.17, 15) is 9.90 Å². The lowest BCUT2D eigenvalue weighted by Crippen LogP contribution is -2.29. The maximum Gasteiger partial charge on any atom is 0.345 e. The highest BCUT2D eigenvalue weighted by Gasteiger charge is 2.40. The van der Waals surface area contributed by atoms with Gasteiger partial charge in [0.2, 0.25) is 6.10 Å². The smallest absolute Gasteiger partial charge is 0.345 e. The summed E-state index contributed by atoms with van der Waals surface area (Å²) in [5.41, 5.74) is 3.00. The Labute approximate surface area is 134 Å². The molecule has 0 spiro atoms. The van der Waals surface area contributed by atoms with E-state index < -0.39 is 12.1 Å². The molecule has 0 amide bonds. The minimum absolute atomic E-state index is 0.316. The zero-order chi connectivity index (χ0) is 15.9. The van der Waals surface area contributed by atoms with Gasteiger partial charge in [0.05, 0.1) is 5.92 Å². The minimum atomic E-state index is -0.956. The molecular formula is C18H17ClO3. The molecule has 22 heavy (non-hydrogen) atoms. The van der Waals surface area contributed by atoms with Crippen LogP contribution < -0.4 is 4.74 Å². The Balaban J connectivity index is 2.11. The molecule has 0 saturated carbocycles. The normalized spacial score (nSPS) is 19.8. The summed E-state index contributed by atoms with van der Waals surface area (Å²) < 4.78 is 5.67. The van der Waals surface area contributed by atoms with Crippen molar-refractivity contribution < 1.29 is 14.6 Å². The lowest BCUT2D eigenvalue weighted by molar-refractivity contribution is -0.144. The first-order valence-electron chi connectivity index (χ1n) is 7.26. The van der Waals surface area contributed by atoms with E-state index in [1.165, 1.54) is 5.56 Å². The van der Waals surface area contributed by atoms with E-state index in [1.54, 1.807) is 12.1 Å². The zero-order valence-electron chi connectivity index (χ0n) is 12.4. The Kier molecular flexibility index (Phi) is 3.83. The van der Waals surface area contributed by atoms with Crippen molar-refractivity contribution in [2.75, 3.05) is 0 Å². The molecular weight excluding hydrogens is 300 g/mol. The van der Waals surface area contributed by atoms with Crippen molar-refractivity contribution in [3.8, 4) is 5.75 Å². The molecule has 0 bridgehead atoms. The average Bonchev–Trinajstić information content (AvgIpc) is 2.86. The van der Waals surface area contributed by atoms with Gasteiger partial charge in [-0.25, -0.2) is 4.79 Å². The van der Waals surface area contributed by atoms with E-state index in [-0.39, 0.29) is 5.92 Å². The summed E-state index contributed by atoms with van der Waals surface area (Å²) in [4.78, 5) is 11.6. The molecule has 4 heteroatoms. The van der Waals surface area contributed by atoms with Crippen LogP contribution in [0.15, 0.2) is 42.5 Å². The fourth-order valence-corrected chi connectivity index (χ4v) is 2.99. The molecule has 2 aromatic carbocycles. The second kappa shape index (κ2) is 5.65. The van der Waals surface area contributed by atoms with Crippen LogP contribution in [0, 0.1) is 0 Å². The van der Waals surface area contributed by atoms with Crippen LogP contribution in [0.5, 0.6) is 5.75 Å². The van der Waals surface area contributed by atoms with Crippen molar-refractivity contribution in [2.45, 2.75) is 31.8 Å². The summed E-state index contributed by atoms with van der Waals surface area (Å²) in [6.07, 6.45) is -0.904. The van der Waals surface area contributed by atoms with Crippen molar-refractivity contribution in [3.63, 3.8) is 0 Å². The fourth-order valence-electron chi connectivity index (χ4n) is 2.86. The van der Waals surface area contributed by atoms with Crippen LogP contribution in [0.3, 0.4) is 0 Å². The van der Waals surface area contributed by atoms with Gasteiger partial charge in [-0.15, -0.1) is 0 Å². The summed E-state index contributed by atoms with van der Waals surface area (Å²) in [6.45, 7) is 4.23. The molecule has 0 radical (unpaired) electrons. The van der Waals surface area contributed by atoms with Crippen LogP contribution in [-0.2, 0) is 4.79 Å². The van der Waals surface area contributed by atoms with Gasteiger partial charge >= 0.3 is 5.97 Å². The molecule has 1 N–H and O–H groups in total. The second-order valence-corrected chi connectivity index (χ2v) is 6.29. The highest BCUT2D eigenvalue weighted by molar-refractivity contribution is 6.30. The number of hydrogen-bond donors (Lipinski definition) is 1. The maximum absolute atomic E-state index is 11.6. The number of carboxylic acids is 1. The van der Waals surface area contributed by atoms with Gasteiger partial charge in [-0.05, 0) is 35.2 Å². The van der Waals surface area contributed by atoms with Crippen molar-refractivity contribution in [3.05, 3.63) is 64.2 Å². The third-order valence-corrected chi connectivity index (χ3v) is 4.32. The monoisotopic (exact) mass is 316 g/mol. The Morgan fingerprint density at radius 3 is 2.45 bits per heavy atom. The zero-order valence-corrected chi connectivity index (χ0v) is 13.2. The van der Waals surface area contributed by atoms with Gasteiger partial charge in [0.1, 0.15) is 5.75 Å². The summed E-state index contributed by atoms with van der Waals surface area (Å²) in [5.74, 6) is -0.248. The number of benzene rings is 2. The van der Waals surface area contributed by atoms with Gasteiger partial charge < -0.3 is 9.84 Å². The summed E-state index contributed by atoms with van der Waals surface area (Å²) in [5, 5.41) is 10.1. The van der Waals surface area contributed by atoms with Crippen LogP contribution in [-0.4, -0.2) is 17.2 Å². The third-order valence-electron chi connectivity index (χ3n) is 4.06. The maximum atomic E-state index is 11.6. The van der Waals surface area contributed by atoms with E-state index in [0.29, 0.717) is 16.7 Å².